The molecule has 3 aromatic carbocycles. The number of aryl methyl sites for hydroxylation is 2. The predicted molar refractivity (Wildman–Crippen MR) is 154 cm³/mol. The van der Waals surface area contributed by atoms with Crippen LogP contribution in [0.2, 0.25) is 10.0 Å². The highest BCUT2D eigenvalue weighted by Crippen LogP contribution is 2.34. The number of likely N-dealkylation sites (N-methyl/N-ethyl adjacent to an activating group) is 1. The van der Waals surface area contributed by atoms with Crippen LogP contribution in [0.4, 0.5) is 5.69 Å². The van der Waals surface area contributed by atoms with Gasteiger partial charge in [0.1, 0.15) is 18.3 Å². The molecule has 1 N–H and O–H groups in total. The number of hydrogen-bond donors (Lipinski definition) is 1. The molecule has 0 radical (unpaired) electrons. The van der Waals surface area contributed by atoms with Crippen LogP contribution in [0, 0.1) is 13.8 Å². The van der Waals surface area contributed by atoms with Crippen LogP contribution >= 0.6 is 23.2 Å². The van der Waals surface area contributed by atoms with Gasteiger partial charge in [-0.05, 0) is 68.3 Å². The predicted octanol–water partition coefficient (Wildman–Crippen LogP) is 4.98. The number of carbonyl (C=O) groups is 2. The van der Waals surface area contributed by atoms with Crippen molar-refractivity contribution in [1.82, 2.24) is 10.2 Å². The van der Waals surface area contributed by atoms with Crippen molar-refractivity contribution >= 4 is 50.7 Å². The van der Waals surface area contributed by atoms with E-state index in [4.69, 9.17) is 27.9 Å². The molecule has 208 valence electrons. The molecule has 11 heteroatoms. The molecule has 0 aliphatic heterocycles. The van der Waals surface area contributed by atoms with E-state index in [1.54, 1.807) is 49.4 Å². The fourth-order valence-electron chi connectivity index (χ4n) is 3.97. The van der Waals surface area contributed by atoms with E-state index in [-0.39, 0.29) is 22.9 Å². The van der Waals surface area contributed by atoms with E-state index in [9.17, 15) is 18.0 Å². The Morgan fingerprint density at radius 3 is 2.21 bits per heavy atom. The third-order valence-electron chi connectivity index (χ3n) is 6.26. The lowest BCUT2D eigenvalue weighted by molar-refractivity contribution is -0.139. The quantitative estimate of drug-likeness (QED) is 0.359. The summed E-state index contributed by atoms with van der Waals surface area (Å²) in [7, 11) is -1.34. The van der Waals surface area contributed by atoms with Gasteiger partial charge in [0.05, 0.1) is 17.7 Å². The lowest BCUT2D eigenvalue weighted by Gasteiger charge is -2.32. The van der Waals surface area contributed by atoms with Crippen molar-refractivity contribution < 1.29 is 22.7 Å². The molecule has 0 spiro atoms. The molecule has 0 heterocycles. The first kappa shape index (κ1) is 30.3. The molecule has 0 aromatic heterocycles. The minimum atomic E-state index is -4.23. The van der Waals surface area contributed by atoms with Crippen LogP contribution in [0.25, 0.3) is 0 Å². The first-order valence-electron chi connectivity index (χ1n) is 12.1. The standard InChI is InChI=1S/C28H31Cl2N3O5S/c1-18-6-11-23(12-7-18)39(36,37)33(25-14-19(2)8-13-26(25)38-5)17-27(34)32(20(3)28(35)31-4)16-21-9-10-22(29)15-24(21)30/h6-15,20H,16-17H2,1-5H3,(H,31,35)/t20-/m0/s1. The zero-order valence-corrected chi connectivity index (χ0v) is 24.7. The van der Waals surface area contributed by atoms with Crippen LogP contribution in [-0.2, 0) is 26.2 Å². The minimum absolute atomic E-state index is 0.0103. The molecule has 0 unspecified atom stereocenters. The van der Waals surface area contributed by atoms with Crippen molar-refractivity contribution in [3.63, 3.8) is 0 Å². The Kier molecular flexibility index (Phi) is 9.88. The highest BCUT2D eigenvalue weighted by molar-refractivity contribution is 7.92. The molecule has 3 aromatic rings. The number of sulfonamides is 1. The Balaban J connectivity index is 2.12. The van der Waals surface area contributed by atoms with Crippen molar-refractivity contribution in [2.45, 2.75) is 38.3 Å². The highest BCUT2D eigenvalue weighted by Gasteiger charge is 2.34. The summed E-state index contributed by atoms with van der Waals surface area (Å²) in [6.07, 6.45) is 0. The summed E-state index contributed by atoms with van der Waals surface area (Å²) in [5, 5.41) is 3.28. The van der Waals surface area contributed by atoms with E-state index < -0.39 is 34.4 Å². The topological polar surface area (TPSA) is 96.0 Å². The number of hydrogen-bond acceptors (Lipinski definition) is 5. The SMILES string of the molecule is CNC(=O)[C@H](C)N(Cc1ccc(Cl)cc1Cl)C(=O)CN(c1cc(C)ccc1OC)S(=O)(=O)c1ccc(C)cc1. The van der Waals surface area contributed by atoms with Gasteiger partial charge >= 0.3 is 0 Å². The first-order valence-corrected chi connectivity index (χ1v) is 14.3. The second kappa shape index (κ2) is 12.7. The van der Waals surface area contributed by atoms with Gasteiger partial charge in [-0.1, -0.05) is 53.0 Å². The summed E-state index contributed by atoms with van der Waals surface area (Å²) in [5.41, 5.74) is 2.40. The zero-order chi connectivity index (χ0) is 28.9. The number of amides is 2. The Labute approximate surface area is 239 Å². The maximum Gasteiger partial charge on any atom is 0.264 e. The van der Waals surface area contributed by atoms with E-state index in [2.05, 4.69) is 5.32 Å². The van der Waals surface area contributed by atoms with E-state index in [0.29, 0.717) is 15.6 Å². The number of anilines is 1. The van der Waals surface area contributed by atoms with Crippen LogP contribution in [0.5, 0.6) is 5.75 Å². The molecule has 3 rings (SSSR count). The lowest BCUT2D eigenvalue weighted by Crippen LogP contribution is -2.50. The monoisotopic (exact) mass is 591 g/mol. The summed E-state index contributed by atoms with van der Waals surface area (Å²) in [4.78, 5) is 27.8. The summed E-state index contributed by atoms with van der Waals surface area (Å²) >= 11 is 12.4. The fourth-order valence-corrected chi connectivity index (χ4v) is 5.86. The van der Waals surface area contributed by atoms with Gasteiger partial charge in [0.25, 0.3) is 10.0 Å². The number of halogens is 2. The lowest BCUT2D eigenvalue weighted by atomic mass is 10.1. The van der Waals surface area contributed by atoms with Crippen LogP contribution in [-0.4, -0.2) is 51.9 Å². The Morgan fingerprint density at radius 1 is 0.974 bits per heavy atom. The molecule has 39 heavy (non-hydrogen) atoms. The van der Waals surface area contributed by atoms with E-state index in [1.807, 2.05) is 13.8 Å². The minimum Gasteiger partial charge on any atom is -0.495 e. The average molecular weight is 593 g/mol. The van der Waals surface area contributed by atoms with Gasteiger partial charge in [-0.3, -0.25) is 13.9 Å². The summed E-state index contributed by atoms with van der Waals surface area (Å²) < 4.78 is 34.4. The van der Waals surface area contributed by atoms with Gasteiger partial charge < -0.3 is 15.0 Å². The van der Waals surface area contributed by atoms with Gasteiger partial charge in [-0.2, -0.15) is 0 Å². The number of rotatable bonds is 10. The van der Waals surface area contributed by atoms with Gasteiger partial charge in [0, 0.05) is 23.6 Å². The van der Waals surface area contributed by atoms with E-state index >= 15 is 0 Å². The van der Waals surface area contributed by atoms with Gasteiger partial charge in [-0.25, -0.2) is 8.42 Å². The van der Waals surface area contributed by atoms with Crippen molar-refractivity contribution in [2.24, 2.45) is 0 Å². The fraction of sp³-hybridized carbons (Fsp3) is 0.286. The number of nitrogens with zero attached hydrogens (tertiary/aromatic N) is 2. The van der Waals surface area contributed by atoms with Crippen molar-refractivity contribution in [1.29, 1.82) is 0 Å². The molecular formula is C28H31Cl2N3O5S. The molecule has 1 atom stereocenters. The van der Waals surface area contributed by atoms with Crippen molar-refractivity contribution in [3.8, 4) is 5.75 Å². The van der Waals surface area contributed by atoms with Gasteiger partial charge in [0.2, 0.25) is 11.8 Å². The Hall–Kier alpha value is -3.27. The Morgan fingerprint density at radius 2 is 1.62 bits per heavy atom. The molecule has 0 fully saturated rings. The molecule has 0 bridgehead atoms. The zero-order valence-electron chi connectivity index (χ0n) is 22.4. The molecule has 0 saturated carbocycles. The number of methoxy groups -OCH3 is 1. The molecule has 2 amide bonds. The smallest absolute Gasteiger partial charge is 0.264 e. The highest BCUT2D eigenvalue weighted by atomic mass is 35.5. The third-order valence-corrected chi connectivity index (χ3v) is 8.62. The Bertz CT molecular complexity index is 1460. The summed E-state index contributed by atoms with van der Waals surface area (Å²) in [5.74, 6) is -0.762. The number of nitrogens with one attached hydrogen (secondary N) is 1. The normalized spacial score (nSPS) is 12.0. The van der Waals surface area contributed by atoms with Crippen LogP contribution < -0.4 is 14.4 Å². The average Bonchev–Trinajstić information content (AvgIpc) is 2.90. The molecule has 0 saturated heterocycles. The second-order valence-corrected chi connectivity index (χ2v) is 11.8. The van der Waals surface area contributed by atoms with E-state index in [0.717, 1.165) is 15.4 Å². The summed E-state index contributed by atoms with van der Waals surface area (Å²) in [6.45, 7) is 4.58. The van der Waals surface area contributed by atoms with Crippen LogP contribution in [0.15, 0.2) is 65.6 Å². The van der Waals surface area contributed by atoms with Crippen LogP contribution in [0.3, 0.4) is 0 Å². The first-order chi connectivity index (χ1) is 18.4. The number of ether oxygens (including phenoxy) is 1. The molecule has 0 aliphatic rings. The number of benzene rings is 3. The number of carbonyl (C=O) groups excluding carboxylic acids is 2. The molecule has 8 nitrogen and oxygen atoms in total. The maximum atomic E-state index is 14.0. The van der Waals surface area contributed by atoms with Crippen molar-refractivity contribution in [2.75, 3.05) is 25.0 Å². The van der Waals surface area contributed by atoms with Gasteiger partial charge in [-0.15, -0.1) is 0 Å². The maximum absolute atomic E-state index is 14.0. The largest absolute Gasteiger partial charge is 0.495 e. The van der Waals surface area contributed by atoms with Crippen molar-refractivity contribution in [3.05, 3.63) is 87.4 Å². The molecular weight excluding hydrogens is 561 g/mol. The third kappa shape index (κ3) is 7.03. The van der Waals surface area contributed by atoms with Gasteiger partial charge in [0.15, 0.2) is 0 Å². The van der Waals surface area contributed by atoms with E-state index in [1.165, 1.54) is 37.3 Å². The molecule has 0 aliphatic carbocycles. The van der Waals surface area contributed by atoms with Crippen LogP contribution in [0.1, 0.15) is 23.6 Å². The second-order valence-electron chi connectivity index (χ2n) is 9.05. The summed E-state index contributed by atoms with van der Waals surface area (Å²) in [6, 6.07) is 15.3.